The zero-order valence-electron chi connectivity index (χ0n) is 29.7. The second-order valence-corrected chi connectivity index (χ2v) is 12.9. The molecular weight excluding hydrogens is 637 g/mol. The van der Waals surface area contributed by atoms with Gasteiger partial charge in [-0.1, -0.05) is 105 Å². The van der Waals surface area contributed by atoms with E-state index in [0.29, 0.717) is 0 Å². The Morgan fingerprint density at radius 1 is 0.827 bits per heavy atom. The van der Waals surface area contributed by atoms with Gasteiger partial charge in [-0.2, -0.15) is 0 Å². The van der Waals surface area contributed by atoms with Gasteiger partial charge in [-0.25, -0.2) is 0 Å². The third-order valence-electron chi connectivity index (χ3n) is 9.84. The zero-order chi connectivity index (χ0) is 35.4. The van der Waals surface area contributed by atoms with Crippen LogP contribution >= 0.6 is 0 Å². The van der Waals surface area contributed by atoms with Gasteiger partial charge in [0.15, 0.2) is 0 Å². The number of hydrogen-bond acceptors (Lipinski definition) is 4. The normalized spacial score (nSPS) is 16.1. The molecule has 6 heteroatoms. The smallest absolute Gasteiger partial charge is 0.0698 e. The van der Waals surface area contributed by atoms with Crippen LogP contribution in [0.5, 0.6) is 0 Å². The zero-order valence-corrected chi connectivity index (χ0v) is 29.7. The number of para-hydroxylation sites is 2. The summed E-state index contributed by atoms with van der Waals surface area (Å²) in [7, 11) is 0. The molecule has 0 saturated carbocycles. The van der Waals surface area contributed by atoms with E-state index in [4.69, 9.17) is 5.73 Å². The summed E-state index contributed by atoms with van der Waals surface area (Å²) >= 11 is 0. The molecule has 3 aliphatic heterocycles. The van der Waals surface area contributed by atoms with Gasteiger partial charge in [-0.15, -0.1) is 0 Å². The molecular formula is C46H44N6. The van der Waals surface area contributed by atoms with Crippen molar-refractivity contribution < 1.29 is 0 Å². The predicted octanol–water partition coefficient (Wildman–Crippen LogP) is 9.93. The van der Waals surface area contributed by atoms with Gasteiger partial charge in [0.2, 0.25) is 0 Å². The van der Waals surface area contributed by atoms with Crippen LogP contribution in [-0.2, 0) is 6.54 Å². The van der Waals surface area contributed by atoms with Crippen molar-refractivity contribution in [3.63, 3.8) is 0 Å². The average molecular weight is 681 g/mol. The van der Waals surface area contributed by atoms with Gasteiger partial charge in [0.1, 0.15) is 0 Å². The number of aromatic nitrogens is 2. The first-order chi connectivity index (χ1) is 25.7. The summed E-state index contributed by atoms with van der Waals surface area (Å²) in [4.78, 5) is 0. The van der Waals surface area contributed by atoms with Crippen molar-refractivity contribution in [1.82, 2.24) is 19.8 Å². The van der Waals surface area contributed by atoms with Gasteiger partial charge in [0.25, 0.3) is 0 Å². The number of nitrogens with zero attached hydrogens (tertiary/aromatic N) is 2. The van der Waals surface area contributed by atoms with Crippen LogP contribution in [0.3, 0.4) is 0 Å². The van der Waals surface area contributed by atoms with Gasteiger partial charge >= 0.3 is 0 Å². The summed E-state index contributed by atoms with van der Waals surface area (Å²) in [6.07, 6.45) is 22.2. The number of rotatable bonds is 7. The second-order valence-electron chi connectivity index (χ2n) is 12.9. The van der Waals surface area contributed by atoms with E-state index in [2.05, 4.69) is 171 Å². The molecule has 9 rings (SSSR count). The SMILES string of the molecule is CC.N/C(=C\C=C/CC1C=CC=C(c2cccc(-n3c4c(c5ccccc53)CNC=C4)c2)N1)c1cccc(-n2c3c(c4ccccc42)NCC=C3)c1. The Balaban J connectivity index is 0.00000190. The van der Waals surface area contributed by atoms with Crippen molar-refractivity contribution in [3.8, 4) is 11.4 Å². The molecule has 0 fully saturated rings. The van der Waals surface area contributed by atoms with E-state index >= 15 is 0 Å². The van der Waals surface area contributed by atoms with E-state index < -0.39 is 0 Å². The quantitative estimate of drug-likeness (QED) is 0.127. The molecule has 6 aromatic rings. The third kappa shape index (κ3) is 6.02. The fourth-order valence-electron chi connectivity index (χ4n) is 7.51. The van der Waals surface area contributed by atoms with Crippen LogP contribution in [0.1, 0.15) is 48.3 Å². The van der Waals surface area contributed by atoms with Crippen molar-refractivity contribution in [2.45, 2.75) is 32.9 Å². The van der Waals surface area contributed by atoms with Crippen molar-refractivity contribution in [1.29, 1.82) is 0 Å². The molecule has 0 aliphatic carbocycles. The maximum atomic E-state index is 6.64. The molecule has 4 aromatic carbocycles. The molecule has 0 spiro atoms. The number of benzene rings is 4. The van der Waals surface area contributed by atoms with Crippen LogP contribution < -0.4 is 21.7 Å². The van der Waals surface area contributed by atoms with Crippen LogP contribution in [0.25, 0.3) is 56.7 Å². The number of fused-ring (bicyclic) bond motifs is 6. The van der Waals surface area contributed by atoms with Crippen LogP contribution in [-0.4, -0.2) is 21.7 Å². The highest BCUT2D eigenvalue weighted by atomic mass is 15.0. The van der Waals surface area contributed by atoms with Gasteiger partial charge in [0, 0.05) is 58.2 Å². The number of nitrogens with two attached hydrogens (primary N) is 1. The summed E-state index contributed by atoms with van der Waals surface area (Å²) in [5.41, 5.74) is 20.2. The van der Waals surface area contributed by atoms with E-state index in [1.165, 1.54) is 38.8 Å². The van der Waals surface area contributed by atoms with Gasteiger partial charge in [-0.05, 0) is 84.4 Å². The third-order valence-corrected chi connectivity index (χ3v) is 9.84. The highest BCUT2D eigenvalue weighted by Crippen LogP contribution is 2.37. The standard InChI is InChI=1S/C44H38N6.C2H6/c45-38(30-11-7-15-33(27-30)50-41-22-6-3-18-36(41)44-43(50)23-10-25-47-44)19-4-1-13-32-14-9-20-39(48-32)31-12-8-16-34(28-31)49-40-21-5-2-17-35(40)37-29-46-26-24-42(37)49;1-2/h1-12,14-24,26-28,32,46-48H,13,25,29,45H2;1-2H3/b4-1-,38-19-;. The lowest BCUT2D eigenvalue weighted by Crippen LogP contribution is -2.27. The fraction of sp³-hybridized carbons (Fsp3) is 0.130. The number of hydrogen-bond donors (Lipinski definition) is 4. The van der Waals surface area contributed by atoms with Crippen molar-refractivity contribution in [2.24, 2.45) is 5.73 Å². The minimum atomic E-state index is 0.178. The topological polar surface area (TPSA) is 72.0 Å². The monoisotopic (exact) mass is 680 g/mol. The van der Waals surface area contributed by atoms with Crippen LogP contribution in [0.15, 0.2) is 146 Å². The summed E-state index contributed by atoms with van der Waals surface area (Å²) in [6, 6.07) is 34.7. The largest absolute Gasteiger partial charge is 0.398 e. The maximum Gasteiger partial charge on any atom is 0.0698 e. The molecule has 5 heterocycles. The Morgan fingerprint density at radius 3 is 2.44 bits per heavy atom. The van der Waals surface area contributed by atoms with Crippen LogP contribution in [0.4, 0.5) is 5.69 Å². The first-order valence-corrected chi connectivity index (χ1v) is 18.3. The minimum absolute atomic E-state index is 0.178. The number of nitrogens with one attached hydrogen (secondary N) is 3. The van der Waals surface area contributed by atoms with E-state index in [0.717, 1.165) is 59.1 Å². The summed E-state index contributed by atoms with van der Waals surface area (Å²) in [5, 5.41) is 13.2. The Hall–Kier alpha value is -6.40. The maximum absolute atomic E-state index is 6.64. The predicted molar refractivity (Wildman–Crippen MR) is 221 cm³/mol. The molecule has 5 N–H and O–H groups in total. The fourth-order valence-corrected chi connectivity index (χ4v) is 7.51. The molecule has 3 aliphatic rings. The van der Waals surface area contributed by atoms with Gasteiger partial charge in [0.05, 0.1) is 28.1 Å². The molecule has 1 unspecified atom stereocenters. The highest BCUT2D eigenvalue weighted by molar-refractivity contribution is 6.00. The Morgan fingerprint density at radius 2 is 1.58 bits per heavy atom. The summed E-state index contributed by atoms with van der Waals surface area (Å²) in [5.74, 6) is 0. The van der Waals surface area contributed by atoms with Gasteiger partial charge in [-0.3, -0.25) is 0 Å². The van der Waals surface area contributed by atoms with E-state index in [1.807, 2.05) is 26.1 Å². The molecule has 2 aromatic heterocycles. The Kier molecular flexibility index (Phi) is 9.11. The Bertz CT molecular complexity index is 2460. The molecule has 1 atom stereocenters. The van der Waals surface area contributed by atoms with Crippen molar-refractivity contribution >= 4 is 51.0 Å². The highest BCUT2D eigenvalue weighted by Gasteiger charge is 2.20. The van der Waals surface area contributed by atoms with E-state index in [1.54, 1.807) is 0 Å². The molecule has 0 radical (unpaired) electrons. The number of anilines is 1. The second kappa shape index (κ2) is 14.4. The molecule has 6 nitrogen and oxygen atoms in total. The van der Waals surface area contributed by atoms with E-state index in [-0.39, 0.29) is 6.04 Å². The number of dihydropyridines is 1. The average Bonchev–Trinajstić information content (AvgIpc) is 3.74. The summed E-state index contributed by atoms with van der Waals surface area (Å²) in [6.45, 7) is 5.67. The lowest BCUT2D eigenvalue weighted by molar-refractivity contribution is 0.718. The van der Waals surface area contributed by atoms with E-state index in [9.17, 15) is 0 Å². The summed E-state index contributed by atoms with van der Waals surface area (Å²) < 4.78 is 4.69. The lowest BCUT2D eigenvalue weighted by Gasteiger charge is -2.22. The molecule has 0 saturated heterocycles. The molecule has 52 heavy (non-hydrogen) atoms. The molecule has 0 amide bonds. The lowest BCUT2D eigenvalue weighted by atomic mass is 10.0. The first-order valence-electron chi connectivity index (χ1n) is 18.3. The van der Waals surface area contributed by atoms with Crippen molar-refractivity contribution in [2.75, 3.05) is 11.9 Å². The molecule has 258 valence electrons. The van der Waals surface area contributed by atoms with Gasteiger partial charge < -0.3 is 30.8 Å². The van der Waals surface area contributed by atoms with Crippen molar-refractivity contribution in [3.05, 3.63) is 174 Å². The molecule has 0 bridgehead atoms. The van der Waals surface area contributed by atoms with Crippen LogP contribution in [0, 0.1) is 0 Å². The minimum Gasteiger partial charge on any atom is -0.398 e. The Labute approximate surface area is 305 Å². The van der Waals surface area contributed by atoms with Crippen LogP contribution in [0.2, 0.25) is 0 Å². The first kappa shape index (κ1) is 32.8. The number of allylic oxidation sites excluding steroid dienone is 4.